The van der Waals surface area contributed by atoms with Gasteiger partial charge in [0.15, 0.2) is 0 Å². The minimum Gasteiger partial charge on any atom is -0.383 e. The van der Waals surface area contributed by atoms with Gasteiger partial charge in [-0.05, 0) is 49.4 Å². The van der Waals surface area contributed by atoms with Gasteiger partial charge in [0.1, 0.15) is 0 Å². The van der Waals surface area contributed by atoms with Crippen LogP contribution in [0.3, 0.4) is 0 Å². The van der Waals surface area contributed by atoms with Crippen molar-refractivity contribution in [1.29, 1.82) is 0 Å². The molecular formula is C17H27ClN2. The van der Waals surface area contributed by atoms with Crippen LogP contribution in [0, 0.1) is 11.3 Å². The topological polar surface area (TPSA) is 15.3 Å². The molecule has 1 N–H and O–H groups in total. The Bertz CT molecular complexity index is 417. The Morgan fingerprint density at radius 3 is 2.45 bits per heavy atom. The van der Waals surface area contributed by atoms with Crippen molar-refractivity contribution in [3.05, 3.63) is 29.3 Å². The highest BCUT2D eigenvalue weighted by Gasteiger charge is 2.28. The summed E-state index contributed by atoms with van der Waals surface area (Å²) in [5, 5.41) is 4.23. The lowest BCUT2D eigenvalue weighted by Gasteiger charge is -2.38. The maximum absolute atomic E-state index is 6.14. The third-order valence-corrected chi connectivity index (χ3v) is 4.76. The van der Waals surface area contributed by atoms with Gasteiger partial charge in [0.05, 0.1) is 10.7 Å². The van der Waals surface area contributed by atoms with Crippen molar-refractivity contribution in [2.24, 2.45) is 11.3 Å². The predicted molar refractivity (Wildman–Crippen MR) is 88.6 cm³/mol. The zero-order valence-electron chi connectivity index (χ0n) is 13.0. The number of rotatable bonds is 4. The molecule has 3 heteroatoms. The Kier molecular flexibility index (Phi) is 5.34. The molecule has 0 spiro atoms. The summed E-state index contributed by atoms with van der Waals surface area (Å²) in [7, 11) is 0. The quantitative estimate of drug-likeness (QED) is 0.879. The lowest BCUT2D eigenvalue weighted by atomic mass is 9.75. The second-order valence-electron chi connectivity index (χ2n) is 6.89. The molecule has 0 radical (unpaired) electrons. The summed E-state index contributed by atoms with van der Waals surface area (Å²) < 4.78 is 0. The summed E-state index contributed by atoms with van der Waals surface area (Å²) in [6.45, 7) is 11.6. The number of nitrogens with one attached hydrogen (secondary N) is 1. The first-order chi connectivity index (χ1) is 9.47. The summed E-state index contributed by atoms with van der Waals surface area (Å²) in [6.07, 6.45) is 2.66. The van der Waals surface area contributed by atoms with Crippen molar-refractivity contribution in [1.82, 2.24) is 4.90 Å². The van der Waals surface area contributed by atoms with Crippen LogP contribution in [0.4, 0.5) is 5.69 Å². The predicted octanol–water partition coefficient (Wildman–Crippen LogP) is 4.51. The smallest absolute Gasteiger partial charge is 0.0637 e. The average Bonchev–Trinajstić information content (AvgIpc) is 2.40. The minimum absolute atomic E-state index is 0.460. The van der Waals surface area contributed by atoms with Gasteiger partial charge >= 0.3 is 0 Å². The molecule has 1 aromatic rings. The third kappa shape index (κ3) is 4.39. The molecule has 0 amide bonds. The Labute approximate surface area is 128 Å². The number of hydrogen-bond acceptors (Lipinski definition) is 2. The van der Waals surface area contributed by atoms with Crippen LogP contribution in [0.5, 0.6) is 0 Å². The number of para-hydroxylation sites is 1. The molecule has 1 aliphatic rings. The summed E-state index contributed by atoms with van der Waals surface area (Å²) in [5.41, 5.74) is 1.50. The van der Waals surface area contributed by atoms with Crippen molar-refractivity contribution >= 4 is 17.3 Å². The molecule has 1 saturated heterocycles. The molecule has 1 aromatic carbocycles. The molecular weight excluding hydrogens is 268 g/mol. The van der Waals surface area contributed by atoms with E-state index in [0.717, 1.165) is 29.7 Å². The molecule has 0 unspecified atom stereocenters. The number of halogens is 1. The van der Waals surface area contributed by atoms with Gasteiger partial charge in [-0.15, -0.1) is 0 Å². The molecule has 0 atom stereocenters. The largest absolute Gasteiger partial charge is 0.383 e. The van der Waals surface area contributed by atoms with Gasteiger partial charge in [-0.1, -0.05) is 44.5 Å². The summed E-state index contributed by atoms with van der Waals surface area (Å²) >= 11 is 6.14. The summed E-state index contributed by atoms with van der Waals surface area (Å²) in [6, 6.07) is 7.95. The van der Waals surface area contributed by atoms with E-state index in [2.05, 4.69) is 31.0 Å². The average molecular weight is 295 g/mol. The van der Waals surface area contributed by atoms with Gasteiger partial charge in [0.25, 0.3) is 0 Å². The van der Waals surface area contributed by atoms with Crippen molar-refractivity contribution in [3.63, 3.8) is 0 Å². The number of benzene rings is 1. The van der Waals surface area contributed by atoms with Crippen molar-refractivity contribution in [3.8, 4) is 0 Å². The standard InChI is InChI=1S/C17H27ClN2/c1-17(2,3)14-8-11-20(12-9-14)13-10-19-16-7-5-4-6-15(16)18/h4-7,14,19H,8-13H2,1-3H3. The van der Waals surface area contributed by atoms with Crippen molar-refractivity contribution in [2.75, 3.05) is 31.5 Å². The van der Waals surface area contributed by atoms with Gasteiger partial charge in [-0.25, -0.2) is 0 Å². The molecule has 2 rings (SSSR count). The van der Waals surface area contributed by atoms with Crippen molar-refractivity contribution in [2.45, 2.75) is 33.6 Å². The number of nitrogens with zero attached hydrogens (tertiary/aromatic N) is 1. The highest BCUT2D eigenvalue weighted by atomic mass is 35.5. The molecule has 20 heavy (non-hydrogen) atoms. The molecule has 112 valence electrons. The first kappa shape index (κ1) is 15.7. The molecule has 0 aromatic heterocycles. The Hall–Kier alpha value is -0.730. The summed E-state index contributed by atoms with van der Waals surface area (Å²) in [5.74, 6) is 0.871. The third-order valence-electron chi connectivity index (χ3n) is 4.43. The van der Waals surface area contributed by atoms with E-state index in [4.69, 9.17) is 11.6 Å². The van der Waals surface area contributed by atoms with Gasteiger partial charge in [-0.3, -0.25) is 0 Å². The molecule has 0 aliphatic carbocycles. The van der Waals surface area contributed by atoms with Crippen LogP contribution in [0.15, 0.2) is 24.3 Å². The van der Waals surface area contributed by atoms with E-state index in [9.17, 15) is 0 Å². The number of anilines is 1. The normalized spacial score (nSPS) is 18.2. The zero-order valence-corrected chi connectivity index (χ0v) is 13.7. The minimum atomic E-state index is 0.460. The van der Waals surface area contributed by atoms with Gasteiger partial charge in [-0.2, -0.15) is 0 Å². The molecule has 2 nitrogen and oxygen atoms in total. The lowest BCUT2D eigenvalue weighted by Crippen LogP contribution is -2.40. The van der Waals surface area contributed by atoms with E-state index in [1.54, 1.807) is 0 Å². The Balaban J connectivity index is 1.71. The van der Waals surface area contributed by atoms with Crippen LogP contribution in [0.25, 0.3) is 0 Å². The summed E-state index contributed by atoms with van der Waals surface area (Å²) in [4.78, 5) is 2.56. The SMILES string of the molecule is CC(C)(C)C1CCN(CCNc2ccccc2Cl)CC1. The fraction of sp³-hybridized carbons (Fsp3) is 0.647. The maximum Gasteiger partial charge on any atom is 0.0637 e. The monoisotopic (exact) mass is 294 g/mol. The van der Waals surface area contributed by atoms with E-state index >= 15 is 0 Å². The molecule has 0 bridgehead atoms. The zero-order chi connectivity index (χ0) is 14.6. The van der Waals surface area contributed by atoms with Crippen LogP contribution in [-0.2, 0) is 0 Å². The van der Waals surface area contributed by atoms with Crippen LogP contribution in [0.1, 0.15) is 33.6 Å². The molecule has 1 fully saturated rings. The number of likely N-dealkylation sites (tertiary alicyclic amines) is 1. The molecule has 0 saturated carbocycles. The van der Waals surface area contributed by atoms with Crippen molar-refractivity contribution < 1.29 is 0 Å². The van der Waals surface area contributed by atoms with E-state index in [1.807, 2.05) is 24.3 Å². The van der Waals surface area contributed by atoms with E-state index in [-0.39, 0.29) is 0 Å². The molecule has 1 heterocycles. The maximum atomic E-state index is 6.14. The Morgan fingerprint density at radius 2 is 1.85 bits per heavy atom. The van der Waals surface area contributed by atoms with Crippen LogP contribution >= 0.6 is 11.6 Å². The second-order valence-corrected chi connectivity index (χ2v) is 7.30. The van der Waals surface area contributed by atoms with E-state index < -0.39 is 0 Å². The van der Waals surface area contributed by atoms with Crippen LogP contribution in [-0.4, -0.2) is 31.1 Å². The Morgan fingerprint density at radius 1 is 1.20 bits per heavy atom. The first-order valence-corrected chi connectivity index (χ1v) is 8.05. The van der Waals surface area contributed by atoms with Crippen LogP contribution in [0.2, 0.25) is 5.02 Å². The lowest BCUT2D eigenvalue weighted by molar-refractivity contribution is 0.115. The fourth-order valence-electron chi connectivity index (χ4n) is 2.98. The highest BCUT2D eigenvalue weighted by Crippen LogP contribution is 2.34. The first-order valence-electron chi connectivity index (χ1n) is 7.67. The van der Waals surface area contributed by atoms with E-state index in [0.29, 0.717) is 5.41 Å². The fourth-order valence-corrected chi connectivity index (χ4v) is 3.18. The number of hydrogen-bond donors (Lipinski definition) is 1. The number of piperidine rings is 1. The van der Waals surface area contributed by atoms with Gasteiger partial charge < -0.3 is 10.2 Å². The molecule has 1 aliphatic heterocycles. The van der Waals surface area contributed by atoms with Crippen LogP contribution < -0.4 is 5.32 Å². The second kappa shape index (κ2) is 6.82. The van der Waals surface area contributed by atoms with E-state index in [1.165, 1.54) is 25.9 Å². The van der Waals surface area contributed by atoms with Gasteiger partial charge in [0.2, 0.25) is 0 Å². The van der Waals surface area contributed by atoms with Gasteiger partial charge in [0, 0.05) is 13.1 Å². The highest BCUT2D eigenvalue weighted by molar-refractivity contribution is 6.33.